The van der Waals surface area contributed by atoms with Crippen LogP contribution in [0, 0.1) is 0 Å². The van der Waals surface area contributed by atoms with Gasteiger partial charge >= 0.3 is 6.03 Å². The summed E-state index contributed by atoms with van der Waals surface area (Å²) in [6.07, 6.45) is 1.39. The zero-order valence-electron chi connectivity index (χ0n) is 15.2. The summed E-state index contributed by atoms with van der Waals surface area (Å²) >= 11 is 5.97. The first-order valence-corrected chi connectivity index (χ1v) is 9.57. The van der Waals surface area contributed by atoms with E-state index in [1.54, 1.807) is 29.2 Å². The van der Waals surface area contributed by atoms with Crippen LogP contribution in [-0.2, 0) is 0 Å². The number of urea groups is 1. The van der Waals surface area contributed by atoms with Gasteiger partial charge < -0.3 is 20.0 Å². The number of nitrogens with zero attached hydrogens (tertiary/aromatic N) is 1. The second-order valence-corrected chi connectivity index (χ2v) is 7.26. The number of benzene rings is 2. The number of hydrogen-bond donors (Lipinski definition) is 2. The highest BCUT2D eigenvalue weighted by Crippen LogP contribution is 2.23. The molecule has 0 aliphatic carbocycles. The molecule has 3 amide bonds. The van der Waals surface area contributed by atoms with Gasteiger partial charge in [-0.3, -0.25) is 4.79 Å². The average Bonchev–Trinajstić information content (AvgIpc) is 3.12. The predicted molar refractivity (Wildman–Crippen MR) is 109 cm³/mol. The number of fused-ring (bicyclic) bond motifs is 1. The number of nitrogens with one attached hydrogen (secondary N) is 2. The zero-order valence-corrected chi connectivity index (χ0v) is 15.9. The fourth-order valence-corrected chi connectivity index (χ4v) is 3.51. The summed E-state index contributed by atoms with van der Waals surface area (Å²) < 4.78 is 5.61. The first-order valence-electron chi connectivity index (χ1n) is 9.19. The molecule has 1 fully saturated rings. The molecule has 144 valence electrons. The van der Waals surface area contributed by atoms with E-state index in [1.807, 2.05) is 30.3 Å². The summed E-state index contributed by atoms with van der Waals surface area (Å²) in [4.78, 5) is 26.6. The van der Waals surface area contributed by atoms with Crippen LogP contribution in [0.5, 0.6) is 0 Å². The molecule has 3 aromatic rings. The number of hydrogen-bond acceptors (Lipinski definition) is 3. The van der Waals surface area contributed by atoms with E-state index in [4.69, 9.17) is 16.0 Å². The number of piperidine rings is 1. The van der Waals surface area contributed by atoms with E-state index in [1.165, 1.54) is 0 Å². The highest BCUT2D eigenvalue weighted by molar-refractivity contribution is 6.31. The van der Waals surface area contributed by atoms with E-state index >= 15 is 0 Å². The molecule has 0 spiro atoms. The number of anilines is 1. The van der Waals surface area contributed by atoms with Crippen LogP contribution < -0.4 is 10.6 Å². The van der Waals surface area contributed by atoms with Gasteiger partial charge in [-0.1, -0.05) is 29.8 Å². The molecular formula is C21H20ClN3O3. The third-order valence-electron chi connectivity index (χ3n) is 4.84. The van der Waals surface area contributed by atoms with Gasteiger partial charge in [0.25, 0.3) is 5.91 Å². The molecule has 2 N–H and O–H groups in total. The first kappa shape index (κ1) is 18.4. The van der Waals surface area contributed by atoms with Crippen molar-refractivity contribution in [1.82, 2.24) is 10.2 Å². The van der Waals surface area contributed by atoms with Crippen LogP contribution in [0.1, 0.15) is 23.4 Å². The lowest BCUT2D eigenvalue weighted by molar-refractivity contribution is 0.0893. The molecule has 1 aromatic heterocycles. The Bertz CT molecular complexity index is 995. The molecule has 7 heteroatoms. The molecule has 6 nitrogen and oxygen atoms in total. The Morgan fingerprint density at radius 2 is 1.79 bits per heavy atom. The molecule has 1 aliphatic heterocycles. The minimum absolute atomic E-state index is 0.00470. The number of likely N-dealkylation sites (tertiary alicyclic amines) is 1. The summed E-state index contributed by atoms with van der Waals surface area (Å²) in [7, 11) is 0. The Hall–Kier alpha value is -2.99. The summed E-state index contributed by atoms with van der Waals surface area (Å²) in [5, 5.41) is 7.28. The summed E-state index contributed by atoms with van der Waals surface area (Å²) in [5.74, 6) is 0.0148. The van der Waals surface area contributed by atoms with Crippen LogP contribution in [0.4, 0.5) is 10.5 Å². The standard InChI is InChI=1S/C21H20ClN3O3/c22-15-6-7-18-14(12-15)13-19(28-18)20(26)23-17-8-10-25(11-9-17)21(27)24-16-4-2-1-3-5-16/h1-7,12-13,17H,8-11H2,(H,23,26)(H,24,27). The van der Waals surface area contributed by atoms with Gasteiger partial charge in [0.2, 0.25) is 0 Å². The normalized spacial score (nSPS) is 14.8. The smallest absolute Gasteiger partial charge is 0.321 e. The number of carbonyl (C=O) groups excluding carboxylic acids is 2. The van der Waals surface area contributed by atoms with Gasteiger partial charge in [0, 0.05) is 35.2 Å². The molecule has 0 bridgehead atoms. The van der Waals surface area contributed by atoms with Crippen LogP contribution in [0.25, 0.3) is 11.0 Å². The van der Waals surface area contributed by atoms with Crippen molar-refractivity contribution in [3.63, 3.8) is 0 Å². The number of carbonyl (C=O) groups is 2. The van der Waals surface area contributed by atoms with E-state index in [9.17, 15) is 9.59 Å². The van der Waals surface area contributed by atoms with E-state index < -0.39 is 0 Å². The van der Waals surface area contributed by atoms with Crippen molar-refractivity contribution >= 4 is 40.2 Å². The van der Waals surface area contributed by atoms with Gasteiger partial charge in [-0.15, -0.1) is 0 Å². The topological polar surface area (TPSA) is 74.6 Å². The minimum atomic E-state index is -0.250. The fourth-order valence-electron chi connectivity index (χ4n) is 3.33. The largest absolute Gasteiger partial charge is 0.451 e. The van der Waals surface area contributed by atoms with Crippen molar-refractivity contribution in [3.05, 3.63) is 65.4 Å². The first-order chi connectivity index (χ1) is 13.6. The fraction of sp³-hybridized carbons (Fsp3) is 0.238. The van der Waals surface area contributed by atoms with Crippen molar-refractivity contribution in [1.29, 1.82) is 0 Å². The quantitative estimate of drug-likeness (QED) is 0.682. The van der Waals surface area contributed by atoms with Crippen molar-refractivity contribution in [2.24, 2.45) is 0 Å². The van der Waals surface area contributed by atoms with Gasteiger partial charge in [0.15, 0.2) is 5.76 Å². The molecule has 0 saturated carbocycles. The van der Waals surface area contributed by atoms with Crippen LogP contribution in [0.3, 0.4) is 0 Å². The summed E-state index contributed by atoms with van der Waals surface area (Å²) in [6.45, 7) is 1.17. The molecule has 1 aliphatic rings. The molecule has 4 rings (SSSR count). The maximum atomic E-state index is 12.5. The monoisotopic (exact) mass is 397 g/mol. The molecule has 0 radical (unpaired) electrons. The molecular weight excluding hydrogens is 378 g/mol. The van der Waals surface area contributed by atoms with Crippen LogP contribution in [0.15, 0.2) is 59.0 Å². The molecule has 1 saturated heterocycles. The van der Waals surface area contributed by atoms with Gasteiger partial charge in [-0.25, -0.2) is 4.79 Å². The van der Waals surface area contributed by atoms with Crippen molar-refractivity contribution in [2.45, 2.75) is 18.9 Å². The molecule has 2 heterocycles. The SMILES string of the molecule is O=C(NC1CCN(C(=O)Nc2ccccc2)CC1)c1cc2cc(Cl)ccc2o1. The minimum Gasteiger partial charge on any atom is -0.451 e. The molecule has 0 atom stereocenters. The Labute approximate surface area is 167 Å². The van der Waals surface area contributed by atoms with E-state index in [-0.39, 0.29) is 23.7 Å². The maximum absolute atomic E-state index is 12.5. The summed E-state index contributed by atoms with van der Waals surface area (Å²) in [5.41, 5.74) is 1.40. The Morgan fingerprint density at radius 3 is 2.54 bits per heavy atom. The van der Waals surface area contributed by atoms with Gasteiger partial charge in [-0.05, 0) is 49.2 Å². The number of rotatable bonds is 3. The lowest BCUT2D eigenvalue weighted by atomic mass is 10.1. The van der Waals surface area contributed by atoms with Crippen molar-refractivity contribution in [3.8, 4) is 0 Å². The Morgan fingerprint density at radius 1 is 1.04 bits per heavy atom. The maximum Gasteiger partial charge on any atom is 0.321 e. The molecule has 2 aromatic carbocycles. The highest BCUT2D eigenvalue weighted by atomic mass is 35.5. The third kappa shape index (κ3) is 4.12. The lowest BCUT2D eigenvalue weighted by Gasteiger charge is -2.32. The number of halogens is 1. The third-order valence-corrected chi connectivity index (χ3v) is 5.08. The van der Waals surface area contributed by atoms with Gasteiger partial charge in [0.05, 0.1) is 0 Å². The molecule has 28 heavy (non-hydrogen) atoms. The Balaban J connectivity index is 1.31. The predicted octanol–water partition coefficient (Wildman–Crippen LogP) is 4.51. The number of para-hydroxylation sites is 1. The second kappa shape index (κ2) is 7.94. The van der Waals surface area contributed by atoms with Crippen LogP contribution >= 0.6 is 11.6 Å². The van der Waals surface area contributed by atoms with Gasteiger partial charge in [0.1, 0.15) is 5.58 Å². The lowest BCUT2D eigenvalue weighted by Crippen LogP contribution is -2.47. The Kier molecular flexibility index (Phi) is 5.21. The molecule has 0 unspecified atom stereocenters. The number of amides is 3. The van der Waals surface area contributed by atoms with Crippen LogP contribution in [-0.4, -0.2) is 36.0 Å². The zero-order chi connectivity index (χ0) is 19.5. The van der Waals surface area contributed by atoms with E-state index in [2.05, 4.69) is 10.6 Å². The number of furan rings is 1. The van der Waals surface area contributed by atoms with Crippen LogP contribution in [0.2, 0.25) is 5.02 Å². The van der Waals surface area contributed by atoms with E-state index in [0.29, 0.717) is 36.5 Å². The van der Waals surface area contributed by atoms with E-state index in [0.717, 1.165) is 11.1 Å². The van der Waals surface area contributed by atoms with Crippen molar-refractivity contribution < 1.29 is 14.0 Å². The average molecular weight is 398 g/mol. The highest BCUT2D eigenvalue weighted by Gasteiger charge is 2.25. The van der Waals surface area contributed by atoms with Crippen molar-refractivity contribution in [2.75, 3.05) is 18.4 Å². The summed E-state index contributed by atoms with van der Waals surface area (Å²) in [6, 6.07) is 16.2. The van der Waals surface area contributed by atoms with Gasteiger partial charge in [-0.2, -0.15) is 0 Å². The second-order valence-electron chi connectivity index (χ2n) is 6.82.